The number of nitrogens with one attached hydrogen (secondary N) is 1. The molecule has 5 heteroatoms. The molecule has 5 nitrogen and oxygen atoms in total. The summed E-state index contributed by atoms with van der Waals surface area (Å²) in [5.41, 5.74) is 0.669. The summed E-state index contributed by atoms with van der Waals surface area (Å²) in [5, 5.41) is 12.0. The van der Waals surface area contributed by atoms with Gasteiger partial charge in [0.15, 0.2) is 0 Å². The third-order valence-electron chi connectivity index (χ3n) is 2.71. The van der Waals surface area contributed by atoms with Crippen LogP contribution in [0.15, 0.2) is 12.4 Å². The van der Waals surface area contributed by atoms with E-state index in [0.717, 1.165) is 11.5 Å². The highest BCUT2D eigenvalue weighted by molar-refractivity contribution is 5.66. The number of hydrogen-bond donors (Lipinski definition) is 2. The summed E-state index contributed by atoms with van der Waals surface area (Å²) in [5.74, 6) is 0.301. The van der Waals surface area contributed by atoms with Gasteiger partial charge in [-0.2, -0.15) is 0 Å². The number of aromatic nitrogens is 2. The summed E-state index contributed by atoms with van der Waals surface area (Å²) < 4.78 is 0. The van der Waals surface area contributed by atoms with Gasteiger partial charge in [-0.15, -0.1) is 0 Å². The molecule has 0 aromatic carbocycles. The van der Waals surface area contributed by atoms with Crippen molar-refractivity contribution >= 4 is 11.8 Å². The Bertz CT molecular complexity index is 416. The van der Waals surface area contributed by atoms with Crippen molar-refractivity contribution in [2.75, 3.05) is 5.32 Å². The molecule has 0 aliphatic rings. The summed E-state index contributed by atoms with van der Waals surface area (Å²) in [6.45, 7) is 8.07. The van der Waals surface area contributed by atoms with Gasteiger partial charge in [0.1, 0.15) is 12.1 Å². The first-order valence-corrected chi connectivity index (χ1v) is 6.12. The van der Waals surface area contributed by atoms with Gasteiger partial charge >= 0.3 is 5.97 Å². The van der Waals surface area contributed by atoms with Gasteiger partial charge < -0.3 is 10.4 Å². The Hall–Kier alpha value is -1.65. The van der Waals surface area contributed by atoms with Crippen LogP contribution < -0.4 is 5.32 Å². The molecule has 18 heavy (non-hydrogen) atoms. The maximum atomic E-state index is 10.6. The minimum atomic E-state index is -0.782. The van der Waals surface area contributed by atoms with Crippen LogP contribution in [0.3, 0.4) is 0 Å². The molecule has 0 spiro atoms. The van der Waals surface area contributed by atoms with Crippen molar-refractivity contribution in [2.45, 2.75) is 52.0 Å². The first-order chi connectivity index (χ1) is 8.30. The van der Waals surface area contributed by atoms with Crippen molar-refractivity contribution in [3.63, 3.8) is 0 Å². The first-order valence-electron chi connectivity index (χ1n) is 6.12. The predicted octanol–water partition coefficient (Wildman–Crippen LogP) is 2.66. The average Bonchev–Trinajstić information content (AvgIpc) is 2.26. The third kappa shape index (κ3) is 4.69. The fourth-order valence-electron chi connectivity index (χ4n) is 1.59. The Kier molecular flexibility index (Phi) is 4.64. The van der Waals surface area contributed by atoms with Crippen molar-refractivity contribution in [2.24, 2.45) is 0 Å². The van der Waals surface area contributed by atoms with E-state index in [2.05, 4.69) is 29.1 Å². The summed E-state index contributed by atoms with van der Waals surface area (Å²) in [4.78, 5) is 19.0. The smallest absolute Gasteiger partial charge is 0.303 e. The standard InChI is InChI=1S/C13H21N3O2/c1-9(2)10-7-11(15-8-14-10)16-13(3,4)6-5-12(17)18/h7-9H,5-6H2,1-4H3,(H,17,18)(H,14,15,16). The number of rotatable bonds is 6. The first kappa shape index (κ1) is 14.4. The molecule has 100 valence electrons. The number of carbonyl (C=O) groups is 1. The SMILES string of the molecule is CC(C)c1cc(NC(C)(C)CCC(=O)O)ncn1. The lowest BCUT2D eigenvalue weighted by Crippen LogP contribution is -2.32. The predicted molar refractivity (Wildman–Crippen MR) is 70.7 cm³/mol. The van der Waals surface area contributed by atoms with Crippen LogP contribution in [-0.2, 0) is 4.79 Å². The lowest BCUT2D eigenvalue weighted by atomic mass is 9.98. The molecule has 0 aliphatic carbocycles. The van der Waals surface area contributed by atoms with E-state index in [9.17, 15) is 4.79 Å². The van der Waals surface area contributed by atoms with Crippen LogP contribution in [0.25, 0.3) is 0 Å². The molecule has 0 aliphatic heterocycles. The zero-order valence-electron chi connectivity index (χ0n) is 11.4. The summed E-state index contributed by atoms with van der Waals surface area (Å²) in [6, 6.07) is 1.91. The molecule has 0 bridgehead atoms. The van der Waals surface area contributed by atoms with Gasteiger partial charge in [0.05, 0.1) is 0 Å². The summed E-state index contributed by atoms with van der Waals surface area (Å²) in [6.07, 6.45) is 2.22. The van der Waals surface area contributed by atoms with Crippen LogP contribution in [0.5, 0.6) is 0 Å². The normalized spacial score (nSPS) is 11.6. The van der Waals surface area contributed by atoms with Gasteiger partial charge in [-0.3, -0.25) is 4.79 Å². The van der Waals surface area contributed by atoms with E-state index in [0.29, 0.717) is 12.3 Å². The fraction of sp³-hybridized carbons (Fsp3) is 0.615. The Morgan fingerprint density at radius 1 is 1.44 bits per heavy atom. The number of nitrogens with zero attached hydrogens (tertiary/aromatic N) is 2. The molecule has 1 heterocycles. The molecule has 1 rings (SSSR count). The summed E-state index contributed by atoms with van der Waals surface area (Å²) in [7, 11) is 0. The van der Waals surface area contributed by atoms with Crippen molar-refractivity contribution in [1.82, 2.24) is 9.97 Å². The highest BCUT2D eigenvalue weighted by Crippen LogP contribution is 2.20. The van der Waals surface area contributed by atoms with E-state index < -0.39 is 5.97 Å². The van der Waals surface area contributed by atoms with E-state index in [1.807, 2.05) is 19.9 Å². The fourth-order valence-corrected chi connectivity index (χ4v) is 1.59. The molecule has 1 aromatic rings. The van der Waals surface area contributed by atoms with Crippen molar-refractivity contribution in [3.8, 4) is 0 Å². The second kappa shape index (κ2) is 5.80. The van der Waals surface area contributed by atoms with Crippen LogP contribution >= 0.6 is 0 Å². The van der Waals surface area contributed by atoms with E-state index in [1.54, 1.807) is 0 Å². The van der Waals surface area contributed by atoms with E-state index >= 15 is 0 Å². The third-order valence-corrected chi connectivity index (χ3v) is 2.71. The second-order valence-electron chi connectivity index (χ2n) is 5.39. The monoisotopic (exact) mass is 251 g/mol. The lowest BCUT2D eigenvalue weighted by molar-refractivity contribution is -0.137. The highest BCUT2D eigenvalue weighted by Gasteiger charge is 2.19. The molecule has 0 unspecified atom stereocenters. The minimum Gasteiger partial charge on any atom is -0.481 e. The molecule has 0 saturated heterocycles. The van der Waals surface area contributed by atoms with Crippen LogP contribution in [0.2, 0.25) is 0 Å². The Labute approximate surface area is 108 Å². The number of carboxylic acid groups (broad SMARTS) is 1. The summed E-state index contributed by atoms with van der Waals surface area (Å²) >= 11 is 0. The van der Waals surface area contributed by atoms with Gasteiger partial charge in [0.2, 0.25) is 0 Å². The molecule has 0 fully saturated rings. The molecule has 1 aromatic heterocycles. The van der Waals surface area contributed by atoms with Crippen LogP contribution in [0.1, 0.15) is 52.1 Å². The molecule has 0 radical (unpaired) electrons. The Balaban J connectivity index is 2.71. The topological polar surface area (TPSA) is 75.1 Å². The molecular weight excluding hydrogens is 230 g/mol. The maximum Gasteiger partial charge on any atom is 0.303 e. The largest absolute Gasteiger partial charge is 0.481 e. The molecule has 0 atom stereocenters. The lowest BCUT2D eigenvalue weighted by Gasteiger charge is -2.26. The highest BCUT2D eigenvalue weighted by atomic mass is 16.4. The van der Waals surface area contributed by atoms with Gasteiger partial charge in [-0.25, -0.2) is 9.97 Å². The number of anilines is 1. The quantitative estimate of drug-likeness (QED) is 0.813. The van der Waals surface area contributed by atoms with Gasteiger partial charge in [-0.05, 0) is 26.2 Å². The van der Waals surface area contributed by atoms with E-state index in [1.165, 1.54) is 6.33 Å². The second-order valence-corrected chi connectivity index (χ2v) is 5.39. The maximum absolute atomic E-state index is 10.6. The van der Waals surface area contributed by atoms with Crippen molar-refractivity contribution < 1.29 is 9.90 Å². The zero-order chi connectivity index (χ0) is 13.8. The molecule has 0 saturated carbocycles. The van der Waals surface area contributed by atoms with Crippen LogP contribution in [0, 0.1) is 0 Å². The number of hydrogen-bond acceptors (Lipinski definition) is 4. The van der Waals surface area contributed by atoms with Crippen molar-refractivity contribution in [3.05, 3.63) is 18.1 Å². The number of aliphatic carboxylic acids is 1. The Morgan fingerprint density at radius 3 is 2.67 bits per heavy atom. The van der Waals surface area contributed by atoms with Gasteiger partial charge in [0, 0.05) is 23.7 Å². The average molecular weight is 251 g/mol. The van der Waals surface area contributed by atoms with E-state index in [4.69, 9.17) is 5.11 Å². The number of carboxylic acids is 1. The Morgan fingerprint density at radius 2 is 2.11 bits per heavy atom. The van der Waals surface area contributed by atoms with E-state index in [-0.39, 0.29) is 12.0 Å². The minimum absolute atomic E-state index is 0.141. The molecule has 0 amide bonds. The molecular formula is C13H21N3O2. The van der Waals surface area contributed by atoms with Crippen molar-refractivity contribution in [1.29, 1.82) is 0 Å². The zero-order valence-corrected chi connectivity index (χ0v) is 11.4. The van der Waals surface area contributed by atoms with Gasteiger partial charge in [-0.1, -0.05) is 13.8 Å². The van der Waals surface area contributed by atoms with Crippen LogP contribution in [0.4, 0.5) is 5.82 Å². The van der Waals surface area contributed by atoms with Crippen LogP contribution in [-0.4, -0.2) is 26.6 Å². The van der Waals surface area contributed by atoms with Gasteiger partial charge in [0.25, 0.3) is 0 Å². The molecule has 2 N–H and O–H groups in total.